The largest absolute Gasteiger partial charge is 0.493 e. The number of carbonyl (C=O) groups excluding carboxylic acids is 3. The van der Waals surface area contributed by atoms with Crippen LogP contribution in [0.1, 0.15) is 24.8 Å². The number of halogens is 1. The van der Waals surface area contributed by atoms with E-state index in [2.05, 4.69) is 22.6 Å². The molecule has 2 fully saturated rings. The highest BCUT2D eigenvalue weighted by Gasteiger charge is 2.37. The molecule has 2 heterocycles. The summed E-state index contributed by atoms with van der Waals surface area (Å²) in [6.45, 7) is 1.18. The predicted octanol–water partition coefficient (Wildman–Crippen LogP) is 3.36. The second-order valence-corrected chi connectivity index (χ2v) is 8.60. The van der Waals surface area contributed by atoms with Crippen molar-refractivity contribution in [3.05, 3.63) is 26.2 Å². The number of carbonyl (C=O) groups is 3. The van der Waals surface area contributed by atoms with Crippen LogP contribution in [0.5, 0.6) is 11.5 Å². The quantitative estimate of drug-likeness (QED) is 0.442. The van der Waals surface area contributed by atoms with E-state index >= 15 is 0 Å². The van der Waals surface area contributed by atoms with Gasteiger partial charge in [0.05, 0.1) is 22.7 Å². The molecule has 28 heavy (non-hydrogen) atoms. The van der Waals surface area contributed by atoms with E-state index in [1.807, 2.05) is 6.07 Å². The lowest BCUT2D eigenvalue weighted by Crippen LogP contribution is -2.44. The molecule has 2 aliphatic heterocycles. The molecule has 0 radical (unpaired) electrons. The third-order valence-corrected chi connectivity index (χ3v) is 6.34. The van der Waals surface area contributed by atoms with Crippen molar-refractivity contribution < 1.29 is 23.9 Å². The first-order valence-corrected chi connectivity index (χ1v) is 10.8. The average Bonchev–Trinajstić information content (AvgIpc) is 2.95. The van der Waals surface area contributed by atoms with Gasteiger partial charge in [0, 0.05) is 13.1 Å². The zero-order chi connectivity index (χ0) is 20.3. The lowest BCUT2D eigenvalue weighted by molar-refractivity contribution is -0.136. The Bertz CT molecular complexity index is 836. The minimum Gasteiger partial charge on any atom is -0.493 e. The number of benzene rings is 1. The lowest BCUT2D eigenvalue weighted by Gasteiger charge is -2.27. The van der Waals surface area contributed by atoms with E-state index in [1.165, 1.54) is 7.11 Å². The Hall–Kier alpha value is -1.75. The summed E-state index contributed by atoms with van der Waals surface area (Å²) in [6, 6.07) is 3.59. The van der Waals surface area contributed by atoms with Crippen LogP contribution in [0.3, 0.4) is 0 Å². The number of amides is 3. The molecule has 3 amide bonds. The summed E-state index contributed by atoms with van der Waals surface area (Å²) in [5, 5.41) is -0.420. The fourth-order valence-corrected chi connectivity index (χ4v) is 4.87. The van der Waals surface area contributed by atoms with Gasteiger partial charge in [-0.25, -0.2) is 0 Å². The van der Waals surface area contributed by atoms with Crippen LogP contribution in [-0.2, 0) is 9.59 Å². The Kier molecular flexibility index (Phi) is 6.86. The van der Waals surface area contributed by atoms with Gasteiger partial charge in [-0.05, 0) is 77.4 Å². The third kappa shape index (κ3) is 4.45. The van der Waals surface area contributed by atoms with Crippen LogP contribution >= 0.6 is 34.4 Å². The molecule has 0 spiro atoms. The Morgan fingerprint density at radius 2 is 1.89 bits per heavy atom. The molecule has 0 saturated carbocycles. The minimum atomic E-state index is -0.440. The van der Waals surface area contributed by atoms with Crippen molar-refractivity contribution in [2.24, 2.45) is 0 Å². The molecule has 0 N–H and O–H groups in total. The van der Waals surface area contributed by atoms with Gasteiger partial charge in [0.15, 0.2) is 11.5 Å². The van der Waals surface area contributed by atoms with Crippen LogP contribution in [0.4, 0.5) is 4.79 Å². The summed E-state index contributed by atoms with van der Waals surface area (Å²) in [4.78, 5) is 40.5. The molecule has 0 aromatic heterocycles. The van der Waals surface area contributed by atoms with Gasteiger partial charge in [-0.2, -0.15) is 0 Å². The van der Waals surface area contributed by atoms with Crippen LogP contribution in [0, 0.1) is 3.57 Å². The highest BCUT2D eigenvalue weighted by Crippen LogP contribution is 2.37. The topological polar surface area (TPSA) is 76.2 Å². The van der Waals surface area contributed by atoms with Gasteiger partial charge >= 0.3 is 0 Å². The monoisotopic (exact) mass is 516 g/mol. The molecule has 1 aromatic rings. The van der Waals surface area contributed by atoms with Crippen LogP contribution in [0.2, 0.25) is 0 Å². The van der Waals surface area contributed by atoms with Crippen molar-refractivity contribution in [3.63, 3.8) is 0 Å². The van der Waals surface area contributed by atoms with Crippen molar-refractivity contribution in [1.82, 2.24) is 9.80 Å². The van der Waals surface area contributed by atoms with E-state index in [0.717, 1.165) is 45.1 Å². The summed E-state index contributed by atoms with van der Waals surface area (Å²) >= 11 is 2.97. The maximum Gasteiger partial charge on any atom is 0.294 e. The van der Waals surface area contributed by atoms with Crippen LogP contribution in [0.25, 0.3) is 6.08 Å². The SMILES string of the molecule is COc1cc(/C=C2/SC(=O)N(CC(=O)N3CCCCC3)C2=O)cc(I)c1OC. The van der Waals surface area contributed by atoms with E-state index in [4.69, 9.17) is 9.47 Å². The standard InChI is InChI=1S/C19H21IN2O5S/c1-26-14-9-12(8-13(20)17(14)27-2)10-15-18(24)22(19(25)28-15)11-16(23)21-6-4-3-5-7-21/h8-10H,3-7,11H2,1-2H3/b15-10+. The fraction of sp³-hybridized carbons (Fsp3) is 0.421. The number of piperidine rings is 1. The van der Waals surface area contributed by atoms with Crippen molar-refractivity contribution in [2.75, 3.05) is 33.9 Å². The van der Waals surface area contributed by atoms with E-state index < -0.39 is 11.1 Å². The normalized spacial score (nSPS) is 18.8. The molecule has 1 aromatic carbocycles. The van der Waals surface area contributed by atoms with Gasteiger partial charge in [0.2, 0.25) is 5.91 Å². The molecule has 9 heteroatoms. The van der Waals surface area contributed by atoms with Crippen molar-refractivity contribution >= 4 is 57.5 Å². The van der Waals surface area contributed by atoms with Crippen molar-refractivity contribution in [3.8, 4) is 11.5 Å². The minimum absolute atomic E-state index is 0.177. The molecule has 0 atom stereocenters. The number of likely N-dealkylation sites (tertiary alicyclic amines) is 1. The Balaban J connectivity index is 1.77. The number of methoxy groups -OCH3 is 2. The van der Waals surface area contributed by atoms with Gasteiger partial charge < -0.3 is 14.4 Å². The average molecular weight is 516 g/mol. The molecule has 0 bridgehead atoms. The summed E-state index contributed by atoms with van der Waals surface area (Å²) in [6.07, 6.45) is 4.68. The Morgan fingerprint density at radius 3 is 2.54 bits per heavy atom. The number of rotatable bonds is 5. The molecule has 2 saturated heterocycles. The first kappa shape index (κ1) is 21.0. The first-order valence-electron chi connectivity index (χ1n) is 8.89. The maximum atomic E-state index is 12.7. The van der Waals surface area contributed by atoms with Crippen molar-refractivity contribution in [1.29, 1.82) is 0 Å². The van der Waals surface area contributed by atoms with E-state index in [0.29, 0.717) is 29.5 Å². The van der Waals surface area contributed by atoms with Gasteiger partial charge in [-0.3, -0.25) is 19.3 Å². The summed E-state index contributed by atoms with van der Waals surface area (Å²) in [7, 11) is 3.10. The van der Waals surface area contributed by atoms with Gasteiger partial charge in [0.1, 0.15) is 6.54 Å². The number of thioether (sulfide) groups is 1. The molecular formula is C19H21IN2O5S. The Morgan fingerprint density at radius 1 is 1.18 bits per heavy atom. The molecule has 0 unspecified atom stereocenters. The molecule has 3 rings (SSSR count). The predicted molar refractivity (Wildman–Crippen MR) is 115 cm³/mol. The Labute approximate surface area is 181 Å². The highest BCUT2D eigenvalue weighted by molar-refractivity contribution is 14.1. The fourth-order valence-electron chi connectivity index (χ4n) is 3.19. The summed E-state index contributed by atoms with van der Waals surface area (Å²) in [5.41, 5.74) is 0.718. The van der Waals surface area contributed by atoms with Gasteiger partial charge in [-0.1, -0.05) is 0 Å². The van der Waals surface area contributed by atoms with E-state index in [-0.39, 0.29) is 12.5 Å². The van der Waals surface area contributed by atoms with Crippen LogP contribution in [-0.4, -0.2) is 60.7 Å². The van der Waals surface area contributed by atoms with Crippen LogP contribution in [0.15, 0.2) is 17.0 Å². The molecule has 0 aliphatic carbocycles. The second-order valence-electron chi connectivity index (χ2n) is 6.45. The highest BCUT2D eigenvalue weighted by atomic mass is 127. The lowest BCUT2D eigenvalue weighted by atomic mass is 10.1. The first-order chi connectivity index (χ1) is 13.4. The maximum absolute atomic E-state index is 12.7. The zero-order valence-electron chi connectivity index (χ0n) is 15.7. The third-order valence-electron chi connectivity index (χ3n) is 4.63. The van der Waals surface area contributed by atoms with Crippen LogP contribution < -0.4 is 9.47 Å². The molecular weight excluding hydrogens is 495 g/mol. The van der Waals surface area contributed by atoms with Gasteiger partial charge in [0.25, 0.3) is 11.1 Å². The summed E-state index contributed by atoms with van der Waals surface area (Å²) < 4.78 is 11.5. The molecule has 150 valence electrons. The molecule has 7 nitrogen and oxygen atoms in total. The molecule has 2 aliphatic rings. The van der Waals surface area contributed by atoms with Gasteiger partial charge in [-0.15, -0.1) is 0 Å². The number of hydrogen-bond donors (Lipinski definition) is 0. The van der Waals surface area contributed by atoms with E-state index in [9.17, 15) is 14.4 Å². The van der Waals surface area contributed by atoms with E-state index in [1.54, 1.807) is 24.2 Å². The number of hydrogen-bond acceptors (Lipinski definition) is 6. The zero-order valence-corrected chi connectivity index (χ0v) is 18.7. The van der Waals surface area contributed by atoms with Crippen molar-refractivity contribution in [2.45, 2.75) is 19.3 Å². The summed E-state index contributed by atoms with van der Waals surface area (Å²) in [5.74, 6) is 0.537. The number of nitrogens with zero attached hydrogens (tertiary/aromatic N) is 2. The smallest absolute Gasteiger partial charge is 0.294 e. The number of ether oxygens (including phenoxy) is 2. The second kappa shape index (κ2) is 9.17. The number of imide groups is 1.